The maximum absolute atomic E-state index is 15.2. The maximum Gasteiger partial charge on any atom is 0.416 e. The summed E-state index contributed by atoms with van der Waals surface area (Å²) in [5, 5.41) is 0. The first-order valence-electron chi connectivity index (χ1n) is 8.85. The summed E-state index contributed by atoms with van der Waals surface area (Å²) < 4.78 is 133. The molecule has 0 aliphatic heterocycles. The summed E-state index contributed by atoms with van der Waals surface area (Å²) in [7, 11) is 0. The monoisotopic (exact) mass is 466 g/mol. The van der Waals surface area contributed by atoms with Crippen molar-refractivity contribution in [3.8, 4) is 22.3 Å². The topological polar surface area (TPSA) is 0 Å². The molecule has 0 aliphatic carbocycles. The Balaban J connectivity index is 2.20. The fourth-order valence-electron chi connectivity index (χ4n) is 3.22. The lowest BCUT2D eigenvalue weighted by molar-refractivity contribution is -0.143. The molecular weight excluding hydrogens is 454 g/mol. The normalized spacial score (nSPS) is 12.8. The molecule has 0 spiro atoms. The van der Waals surface area contributed by atoms with Crippen LogP contribution in [0, 0.1) is 12.7 Å². The van der Waals surface area contributed by atoms with Gasteiger partial charge < -0.3 is 0 Å². The zero-order valence-electron chi connectivity index (χ0n) is 16.0. The van der Waals surface area contributed by atoms with E-state index in [9.17, 15) is 39.5 Å². The van der Waals surface area contributed by atoms with Gasteiger partial charge in [0.15, 0.2) is 0 Å². The molecule has 0 unspecified atom stereocenters. The molecule has 0 aliphatic rings. The van der Waals surface area contributed by atoms with Crippen LogP contribution in [-0.4, -0.2) is 0 Å². The van der Waals surface area contributed by atoms with Gasteiger partial charge in [-0.15, -0.1) is 0 Å². The predicted octanol–water partition coefficient (Wildman–Crippen LogP) is 8.52. The third kappa shape index (κ3) is 4.73. The van der Waals surface area contributed by atoms with Crippen LogP contribution in [0.5, 0.6) is 0 Å². The van der Waals surface area contributed by atoms with Crippen LogP contribution in [0.4, 0.5) is 43.9 Å². The van der Waals surface area contributed by atoms with Crippen LogP contribution < -0.4 is 0 Å². The molecular formula is C22H12F10. The molecule has 170 valence electrons. The lowest BCUT2D eigenvalue weighted by Gasteiger charge is -2.16. The highest BCUT2D eigenvalue weighted by molar-refractivity contribution is 5.76. The molecule has 0 amide bonds. The van der Waals surface area contributed by atoms with Crippen LogP contribution in [0.2, 0.25) is 0 Å². The van der Waals surface area contributed by atoms with Crippen LogP contribution in [0.3, 0.4) is 0 Å². The lowest BCUT2D eigenvalue weighted by atomic mass is 9.93. The number of hydrogen-bond donors (Lipinski definition) is 0. The van der Waals surface area contributed by atoms with Crippen LogP contribution in [0.15, 0.2) is 54.6 Å². The number of alkyl halides is 9. The fraction of sp³-hybridized carbons (Fsp3) is 0.182. The Morgan fingerprint density at radius 1 is 0.531 bits per heavy atom. The smallest absolute Gasteiger partial charge is 0.206 e. The minimum absolute atomic E-state index is 0.0142. The van der Waals surface area contributed by atoms with Gasteiger partial charge in [-0.3, -0.25) is 0 Å². The van der Waals surface area contributed by atoms with E-state index in [0.29, 0.717) is 18.2 Å². The number of hydrogen-bond acceptors (Lipinski definition) is 0. The molecule has 0 fully saturated rings. The van der Waals surface area contributed by atoms with Gasteiger partial charge >= 0.3 is 18.5 Å². The summed E-state index contributed by atoms with van der Waals surface area (Å²) in [6.07, 6.45) is -14.9. The van der Waals surface area contributed by atoms with Crippen molar-refractivity contribution in [2.45, 2.75) is 25.5 Å². The van der Waals surface area contributed by atoms with E-state index in [1.165, 1.54) is 19.1 Å². The third-order valence-electron chi connectivity index (χ3n) is 4.74. The average molecular weight is 466 g/mol. The van der Waals surface area contributed by atoms with E-state index in [-0.39, 0.29) is 22.8 Å². The van der Waals surface area contributed by atoms with Gasteiger partial charge in [0.05, 0.1) is 16.7 Å². The van der Waals surface area contributed by atoms with Gasteiger partial charge in [-0.25, -0.2) is 4.39 Å². The molecule has 10 heteroatoms. The van der Waals surface area contributed by atoms with Gasteiger partial charge in [-0.1, -0.05) is 24.3 Å². The van der Waals surface area contributed by atoms with Gasteiger partial charge in [-0.05, 0) is 53.9 Å². The van der Waals surface area contributed by atoms with Crippen molar-refractivity contribution in [3.05, 3.63) is 82.7 Å². The Hall–Kier alpha value is -3.04. The second-order valence-electron chi connectivity index (χ2n) is 6.99. The third-order valence-corrected chi connectivity index (χ3v) is 4.74. The standard InChI is InChI=1S/C22H12F10/c1-11-7-13(20(24,25)26)5-6-16(11)18-4-2-3-17(19(18)23)12-8-14(21(27,28)29)10-15(9-12)22(30,31)32/h2-10H,1H3. The van der Waals surface area contributed by atoms with E-state index in [1.54, 1.807) is 0 Å². The Labute approximate surface area is 175 Å². The van der Waals surface area contributed by atoms with Crippen molar-refractivity contribution >= 4 is 0 Å². The van der Waals surface area contributed by atoms with E-state index >= 15 is 4.39 Å². The SMILES string of the molecule is Cc1cc(C(F)(F)F)ccc1-c1cccc(-c2cc(C(F)(F)F)cc(C(F)(F)F)c2)c1F. The molecule has 3 aromatic carbocycles. The first kappa shape index (κ1) is 23.6. The number of halogens is 10. The maximum atomic E-state index is 15.2. The molecule has 3 rings (SSSR count). The predicted molar refractivity (Wildman–Crippen MR) is 97.0 cm³/mol. The van der Waals surface area contributed by atoms with Crippen LogP contribution >= 0.6 is 0 Å². The number of benzene rings is 3. The van der Waals surface area contributed by atoms with Gasteiger partial charge in [-0.2, -0.15) is 39.5 Å². The molecule has 32 heavy (non-hydrogen) atoms. The van der Waals surface area contributed by atoms with Gasteiger partial charge in [0.1, 0.15) is 5.82 Å². The molecule has 0 bridgehead atoms. The highest BCUT2D eigenvalue weighted by Crippen LogP contribution is 2.41. The van der Waals surface area contributed by atoms with E-state index in [4.69, 9.17) is 0 Å². The highest BCUT2D eigenvalue weighted by atomic mass is 19.4. The molecule has 0 heterocycles. The fourth-order valence-corrected chi connectivity index (χ4v) is 3.22. The highest BCUT2D eigenvalue weighted by Gasteiger charge is 2.37. The van der Waals surface area contributed by atoms with Crippen molar-refractivity contribution in [3.63, 3.8) is 0 Å². The average Bonchev–Trinajstić information content (AvgIpc) is 2.66. The molecule has 0 saturated heterocycles. The Morgan fingerprint density at radius 3 is 1.50 bits per heavy atom. The lowest BCUT2D eigenvalue weighted by Crippen LogP contribution is -2.11. The Bertz CT molecular complexity index is 1120. The van der Waals surface area contributed by atoms with E-state index < -0.39 is 52.2 Å². The van der Waals surface area contributed by atoms with Crippen LogP contribution in [-0.2, 0) is 18.5 Å². The largest absolute Gasteiger partial charge is 0.416 e. The summed E-state index contributed by atoms with van der Waals surface area (Å²) in [6, 6.07) is 6.53. The number of rotatable bonds is 2. The van der Waals surface area contributed by atoms with Crippen molar-refractivity contribution in [1.82, 2.24) is 0 Å². The minimum Gasteiger partial charge on any atom is -0.206 e. The molecule has 0 radical (unpaired) electrons. The van der Waals surface area contributed by atoms with Crippen molar-refractivity contribution < 1.29 is 43.9 Å². The van der Waals surface area contributed by atoms with Crippen molar-refractivity contribution in [2.75, 3.05) is 0 Å². The molecule has 0 nitrogen and oxygen atoms in total. The van der Waals surface area contributed by atoms with Crippen molar-refractivity contribution in [1.29, 1.82) is 0 Å². The number of aryl methyl sites for hydroxylation is 1. The van der Waals surface area contributed by atoms with Gasteiger partial charge in [0.25, 0.3) is 0 Å². The summed E-state index contributed by atoms with van der Waals surface area (Å²) in [4.78, 5) is 0. The summed E-state index contributed by atoms with van der Waals surface area (Å²) in [5.74, 6) is -1.16. The molecule has 0 aromatic heterocycles. The minimum atomic E-state index is -5.12. The van der Waals surface area contributed by atoms with Crippen LogP contribution in [0.1, 0.15) is 22.3 Å². The van der Waals surface area contributed by atoms with Crippen molar-refractivity contribution in [2.24, 2.45) is 0 Å². The first-order chi connectivity index (χ1) is 14.6. The summed E-state index contributed by atoms with van der Waals surface area (Å²) in [6.45, 7) is 1.28. The Kier molecular flexibility index (Phi) is 5.78. The molecule has 0 N–H and O–H groups in total. The molecule has 0 saturated carbocycles. The Morgan fingerprint density at radius 2 is 1.03 bits per heavy atom. The quantitative estimate of drug-likeness (QED) is 0.332. The molecule has 3 aromatic rings. The summed E-state index contributed by atoms with van der Waals surface area (Å²) >= 11 is 0. The summed E-state index contributed by atoms with van der Waals surface area (Å²) in [5.41, 5.74) is -5.66. The van der Waals surface area contributed by atoms with Gasteiger partial charge in [0.2, 0.25) is 0 Å². The van der Waals surface area contributed by atoms with Gasteiger partial charge in [0, 0.05) is 11.1 Å². The van der Waals surface area contributed by atoms with Crippen LogP contribution in [0.25, 0.3) is 22.3 Å². The van der Waals surface area contributed by atoms with E-state index in [2.05, 4.69) is 0 Å². The second-order valence-corrected chi connectivity index (χ2v) is 6.99. The second kappa shape index (κ2) is 7.83. The zero-order chi connectivity index (χ0) is 24.1. The van der Waals surface area contributed by atoms with E-state index in [1.807, 2.05) is 0 Å². The van der Waals surface area contributed by atoms with E-state index in [0.717, 1.165) is 18.2 Å². The zero-order valence-corrected chi connectivity index (χ0v) is 16.0. The molecule has 0 atom stereocenters. The first-order valence-corrected chi connectivity index (χ1v) is 8.85.